The van der Waals surface area contributed by atoms with Gasteiger partial charge in [-0.25, -0.2) is 4.39 Å². The number of aromatic hydroxyl groups is 1. The fourth-order valence-corrected chi connectivity index (χ4v) is 2.90. The first-order valence-electron chi connectivity index (χ1n) is 6.90. The Labute approximate surface area is 114 Å². The minimum Gasteiger partial charge on any atom is -0.508 e. The first-order chi connectivity index (χ1) is 8.97. The highest BCUT2D eigenvalue weighted by atomic mass is 19.1. The third-order valence-electron chi connectivity index (χ3n) is 4.03. The number of phenols is 1. The van der Waals surface area contributed by atoms with Gasteiger partial charge in [0.25, 0.3) is 0 Å². The number of nitrogens with zero attached hydrogens (tertiary/aromatic N) is 1. The van der Waals surface area contributed by atoms with Crippen molar-refractivity contribution in [2.24, 2.45) is 5.92 Å². The molecule has 0 saturated carbocycles. The number of phenolic OH excluding ortho intramolecular Hbond substituents is 1. The summed E-state index contributed by atoms with van der Waals surface area (Å²) in [5.41, 5.74) is 0.757. The van der Waals surface area contributed by atoms with Gasteiger partial charge in [0, 0.05) is 30.3 Å². The summed E-state index contributed by atoms with van der Waals surface area (Å²) in [6.45, 7) is 6.42. The van der Waals surface area contributed by atoms with E-state index in [1.807, 2.05) is 6.92 Å². The Hall–Kier alpha value is -1.13. The van der Waals surface area contributed by atoms with Crippen LogP contribution in [0.2, 0.25) is 0 Å². The molecule has 0 aliphatic carbocycles. The lowest BCUT2D eigenvalue weighted by Crippen LogP contribution is -2.47. The molecule has 106 valence electrons. The highest BCUT2D eigenvalue weighted by Gasteiger charge is 2.26. The summed E-state index contributed by atoms with van der Waals surface area (Å²) < 4.78 is 13.0. The van der Waals surface area contributed by atoms with Crippen molar-refractivity contribution < 1.29 is 9.50 Å². The molecule has 3 nitrogen and oxygen atoms in total. The Kier molecular flexibility index (Phi) is 4.42. The van der Waals surface area contributed by atoms with Gasteiger partial charge in [-0.3, -0.25) is 0 Å². The predicted molar refractivity (Wildman–Crippen MR) is 74.7 cm³/mol. The molecule has 1 saturated heterocycles. The lowest BCUT2D eigenvalue weighted by Gasteiger charge is -2.37. The van der Waals surface area contributed by atoms with E-state index in [1.165, 1.54) is 12.1 Å². The molecule has 3 unspecified atom stereocenters. The van der Waals surface area contributed by atoms with Gasteiger partial charge in [-0.05, 0) is 38.9 Å². The zero-order valence-corrected chi connectivity index (χ0v) is 11.9. The van der Waals surface area contributed by atoms with Crippen LogP contribution in [-0.4, -0.2) is 36.2 Å². The van der Waals surface area contributed by atoms with Crippen LogP contribution in [0.4, 0.5) is 4.39 Å². The summed E-state index contributed by atoms with van der Waals surface area (Å²) in [6, 6.07) is 4.69. The number of halogens is 1. The van der Waals surface area contributed by atoms with Crippen molar-refractivity contribution >= 4 is 0 Å². The summed E-state index contributed by atoms with van der Waals surface area (Å²) in [5.74, 6) is 0.200. The first-order valence-corrected chi connectivity index (χ1v) is 6.90. The highest BCUT2D eigenvalue weighted by Crippen LogP contribution is 2.27. The molecule has 1 aromatic carbocycles. The molecule has 0 aromatic heterocycles. The van der Waals surface area contributed by atoms with E-state index in [4.69, 9.17) is 0 Å². The van der Waals surface area contributed by atoms with E-state index in [1.54, 1.807) is 6.07 Å². The van der Waals surface area contributed by atoms with E-state index >= 15 is 0 Å². The summed E-state index contributed by atoms with van der Waals surface area (Å²) >= 11 is 0. The molecule has 1 aliphatic heterocycles. The molecule has 2 N–H and O–H groups in total. The number of piperidine rings is 1. The third-order valence-corrected chi connectivity index (χ3v) is 4.03. The number of likely N-dealkylation sites (tertiary alicyclic amines) is 1. The molecule has 0 spiro atoms. The second-order valence-electron chi connectivity index (χ2n) is 5.73. The molecule has 0 radical (unpaired) electrons. The monoisotopic (exact) mass is 266 g/mol. The van der Waals surface area contributed by atoms with Crippen LogP contribution >= 0.6 is 0 Å². The Bertz CT molecular complexity index is 438. The Balaban J connectivity index is 2.02. The van der Waals surface area contributed by atoms with Crippen LogP contribution < -0.4 is 5.32 Å². The fourth-order valence-electron chi connectivity index (χ4n) is 2.90. The van der Waals surface area contributed by atoms with Crippen molar-refractivity contribution in [1.29, 1.82) is 0 Å². The average molecular weight is 266 g/mol. The van der Waals surface area contributed by atoms with Crippen molar-refractivity contribution in [3.8, 4) is 5.75 Å². The molecule has 1 aromatic rings. The number of nitrogens with one attached hydrogen (secondary N) is 1. The lowest BCUT2D eigenvalue weighted by atomic mass is 9.92. The van der Waals surface area contributed by atoms with Gasteiger partial charge in [-0.2, -0.15) is 0 Å². The molecule has 0 bridgehead atoms. The Morgan fingerprint density at radius 3 is 2.84 bits per heavy atom. The third kappa shape index (κ3) is 3.45. The minimum absolute atomic E-state index is 0.0245. The van der Waals surface area contributed by atoms with Crippen LogP contribution in [0, 0.1) is 11.7 Å². The van der Waals surface area contributed by atoms with Gasteiger partial charge in [0.05, 0.1) is 0 Å². The van der Waals surface area contributed by atoms with Gasteiger partial charge < -0.3 is 15.3 Å². The molecule has 3 atom stereocenters. The standard InChI is InChI=1S/C15H23FN2O/c1-10-9-18(3)7-6-14(10)17-11(2)13-5-4-12(16)8-15(13)19/h4-5,8,10-11,14,17,19H,6-7,9H2,1-3H3. The smallest absolute Gasteiger partial charge is 0.126 e. The normalized spacial score (nSPS) is 26.3. The topological polar surface area (TPSA) is 35.5 Å². The lowest BCUT2D eigenvalue weighted by molar-refractivity contribution is 0.167. The molecule has 0 amide bonds. The maximum Gasteiger partial charge on any atom is 0.126 e. The molecule has 2 rings (SSSR count). The molecule has 4 heteroatoms. The first kappa shape index (κ1) is 14.3. The van der Waals surface area contributed by atoms with E-state index in [-0.39, 0.29) is 11.8 Å². The second kappa shape index (κ2) is 5.88. The zero-order chi connectivity index (χ0) is 14.0. The van der Waals surface area contributed by atoms with E-state index in [9.17, 15) is 9.50 Å². The largest absolute Gasteiger partial charge is 0.508 e. The number of rotatable bonds is 3. The van der Waals surface area contributed by atoms with Crippen molar-refractivity contribution in [3.63, 3.8) is 0 Å². The summed E-state index contributed by atoms with van der Waals surface area (Å²) in [7, 11) is 2.14. The van der Waals surface area contributed by atoms with Gasteiger partial charge in [0.15, 0.2) is 0 Å². The van der Waals surface area contributed by atoms with Gasteiger partial charge in [-0.15, -0.1) is 0 Å². The maximum atomic E-state index is 13.0. The molecule has 1 aliphatic rings. The van der Waals surface area contributed by atoms with Crippen LogP contribution in [0.1, 0.15) is 31.9 Å². The van der Waals surface area contributed by atoms with Gasteiger partial charge >= 0.3 is 0 Å². The van der Waals surface area contributed by atoms with E-state index < -0.39 is 5.82 Å². The van der Waals surface area contributed by atoms with Crippen LogP contribution in [-0.2, 0) is 0 Å². The highest BCUT2D eigenvalue weighted by molar-refractivity contribution is 5.35. The molecular weight excluding hydrogens is 243 g/mol. The Morgan fingerprint density at radius 1 is 1.47 bits per heavy atom. The van der Waals surface area contributed by atoms with Gasteiger partial charge in [0.1, 0.15) is 11.6 Å². The molecular formula is C15H23FN2O. The number of benzene rings is 1. The van der Waals surface area contributed by atoms with Crippen molar-refractivity contribution in [1.82, 2.24) is 10.2 Å². The maximum absolute atomic E-state index is 13.0. The summed E-state index contributed by atoms with van der Waals surface area (Å²) in [6.07, 6.45) is 1.10. The fraction of sp³-hybridized carbons (Fsp3) is 0.600. The average Bonchev–Trinajstić information content (AvgIpc) is 2.32. The summed E-state index contributed by atoms with van der Waals surface area (Å²) in [4.78, 5) is 2.34. The van der Waals surface area contributed by atoms with Crippen molar-refractivity contribution in [2.75, 3.05) is 20.1 Å². The summed E-state index contributed by atoms with van der Waals surface area (Å²) in [5, 5.41) is 13.4. The SMILES string of the molecule is CC(NC1CCN(C)CC1C)c1ccc(F)cc1O. The van der Waals surface area contributed by atoms with Crippen LogP contribution in [0.5, 0.6) is 5.75 Å². The second-order valence-corrected chi connectivity index (χ2v) is 5.73. The van der Waals surface area contributed by atoms with Crippen LogP contribution in [0.3, 0.4) is 0 Å². The Morgan fingerprint density at radius 2 is 2.21 bits per heavy atom. The van der Waals surface area contributed by atoms with Crippen LogP contribution in [0.15, 0.2) is 18.2 Å². The van der Waals surface area contributed by atoms with Crippen LogP contribution in [0.25, 0.3) is 0 Å². The molecule has 1 fully saturated rings. The van der Waals surface area contributed by atoms with Crippen molar-refractivity contribution in [2.45, 2.75) is 32.4 Å². The quantitative estimate of drug-likeness (QED) is 0.882. The van der Waals surface area contributed by atoms with E-state index in [0.29, 0.717) is 12.0 Å². The number of hydrogen-bond acceptors (Lipinski definition) is 3. The van der Waals surface area contributed by atoms with Gasteiger partial charge in [-0.1, -0.05) is 13.0 Å². The predicted octanol–water partition coefficient (Wildman–Crippen LogP) is 2.52. The zero-order valence-electron chi connectivity index (χ0n) is 11.9. The van der Waals surface area contributed by atoms with Crippen molar-refractivity contribution in [3.05, 3.63) is 29.6 Å². The molecule has 19 heavy (non-hydrogen) atoms. The molecule has 1 heterocycles. The minimum atomic E-state index is -0.402. The van der Waals surface area contributed by atoms with E-state index in [0.717, 1.165) is 25.1 Å². The van der Waals surface area contributed by atoms with Gasteiger partial charge in [0.2, 0.25) is 0 Å². The van der Waals surface area contributed by atoms with E-state index in [2.05, 4.69) is 24.2 Å². The number of hydrogen-bond donors (Lipinski definition) is 2.